The van der Waals surface area contributed by atoms with Gasteiger partial charge in [-0.05, 0) is 49.2 Å². The first kappa shape index (κ1) is 20.9. The molecule has 0 saturated heterocycles. The molecular weight excluding hydrogens is 412 g/mol. The lowest BCUT2D eigenvalue weighted by atomic mass is 10.0. The maximum atomic E-state index is 13.7. The molecule has 5 heteroatoms. The van der Waals surface area contributed by atoms with E-state index in [1.54, 1.807) is 0 Å². The van der Waals surface area contributed by atoms with Crippen LogP contribution >= 0.6 is 0 Å². The average Bonchev–Trinajstić information content (AvgIpc) is 3.24. The van der Waals surface area contributed by atoms with E-state index in [0.29, 0.717) is 36.5 Å². The highest BCUT2D eigenvalue weighted by Crippen LogP contribution is 2.40. The third-order valence-electron chi connectivity index (χ3n) is 5.87. The van der Waals surface area contributed by atoms with E-state index in [0.717, 1.165) is 33.3 Å². The van der Waals surface area contributed by atoms with Crippen LogP contribution in [0.1, 0.15) is 19.4 Å². The Hall–Kier alpha value is -3.99. The zero-order chi connectivity index (χ0) is 22.8. The highest BCUT2D eigenvalue weighted by Gasteiger charge is 2.23. The fraction of sp³-hybridized carbons (Fsp3) is 0.179. The first-order valence-corrected chi connectivity index (χ1v) is 11.3. The lowest BCUT2D eigenvalue weighted by Gasteiger charge is -2.10. The SMILES string of the molecule is CCOc1ccc(-c2c(NCc3ccccc3)oc3c2c(=O)n(CC)c2ccccc32)cc1. The van der Waals surface area contributed by atoms with E-state index in [9.17, 15) is 4.79 Å². The van der Waals surface area contributed by atoms with Crippen LogP contribution in [0.5, 0.6) is 5.75 Å². The summed E-state index contributed by atoms with van der Waals surface area (Å²) in [5, 5.41) is 4.96. The molecule has 1 N–H and O–H groups in total. The lowest BCUT2D eigenvalue weighted by Crippen LogP contribution is -2.19. The number of furan rings is 1. The maximum absolute atomic E-state index is 13.7. The number of aryl methyl sites for hydroxylation is 1. The highest BCUT2D eigenvalue weighted by molar-refractivity contribution is 6.10. The summed E-state index contributed by atoms with van der Waals surface area (Å²) in [6.45, 7) is 5.72. The van der Waals surface area contributed by atoms with E-state index in [4.69, 9.17) is 9.15 Å². The minimum atomic E-state index is -0.0494. The van der Waals surface area contributed by atoms with Crippen LogP contribution in [0.2, 0.25) is 0 Å². The Balaban J connectivity index is 1.75. The molecule has 0 radical (unpaired) electrons. The normalized spacial score (nSPS) is 11.2. The van der Waals surface area contributed by atoms with Crippen molar-refractivity contribution < 1.29 is 9.15 Å². The summed E-state index contributed by atoms with van der Waals surface area (Å²) >= 11 is 0. The second-order valence-corrected chi connectivity index (χ2v) is 7.87. The second-order valence-electron chi connectivity index (χ2n) is 7.87. The first-order chi connectivity index (χ1) is 16.2. The summed E-state index contributed by atoms with van der Waals surface area (Å²) < 4.78 is 13.8. The Bertz CT molecular complexity index is 1470. The van der Waals surface area contributed by atoms with Crippen molar-refractivity contribution in [1.82, 2.24) is 4.57 Å². The topological polar surface area (TPSA) is 56.4 Å². The Kier molecular flexibility index (Phi) is 5.61. The third kappa shape index (κ3) is 3.76. The summed E-state index contributed by atoms with van der Waals surface area (Å²) in [6.07, 6.45) is 0. The number of anilines is 1. The highest BCUT2D eigenvalue weighted by atomic mass is 16.5. The van der Waals surface area contributed by atoms with Crippen molar-refractivity contribution in [3.63, 3.8) is 0 Å². The predicted octanol–water partition coefficient (Wildman–Crippen LogP) is 6.45. The van der Waals surface area contributed by atoms with Crippen LogP contribution in [0.15, 0.2) is 88.1 Å². The molecule has 2 aromatic heterocycles. The van der Waals surface area contributed by atoms with Gasteiger partial charge >= 0.3 is 0 Å². The molecular formula is C28H26N2O3. The number of fused-ring (bicyclic) bond motifs is 3. The Morgan fingerprint density at radius 1 is 0.909 bits per heavy atom. The number of hydrogen-bond donors (Lipinski definition) is 1. The molecule has 5 rings (SSSR count). The minimum absolute atomic E-state index is 0.0494. The number of pyridine rings is 1. The molecule has 0 atom stereocenters. The number of aromatic nitrogens is 1. The number of nitrogens with zero attached hydrogens (tertiary/aromatic N) is 1. The van der Waals surface area contributed by atoms with E-state index in [1.165, 1.54) is 0 Å². The van der Waals surface area contributed by atoms with Crippen LogP contribution in [-0.2, 0) is 13.1 Å². The minimum Gasteiger partial charge on any atom is -0.494 e. The van der Waals surface area contributed by atoms with Gasteiger partial charge in [-0.1, -0.05) is 54.6 Å². The van der Waals surface area contributed by atoms with Gasteiger partial charge in [-0.25, -0.2) is 0 Å². The fourth-order valence-corrected chi connectivity index (χ4v) is 4.35. The summed E-state index contributed by atoms with van der Waals surface area (Å²) in [4.78, 5) is 13.7. The van der Waals surface area contributed by atoms with Gasteiger partial charge in [0.25, 0.3) is 5.56 Å². The molecule has 0 aliphatic carbocycles. The van der Waals surface area contributed by atoms with Crippen molar-refractivity contribution >= 4 is 27.8 Å². The van der Waals surface area contributed by atoms with Gasteiger partial charge in [-0.2, -0.15) is 0 Å². The number of nitrogens with one attached hydrogen (secondary N) is 1. The molecule has 5 nitrogen and oxygen atoms in total. The Morgan fingerprint density at radius 3 is 2.36 bits per heavy atom. The van der Waals surface area contributed by atoms with Crippen LogP contribution in [0.4, 0.5) is 5.88 Å². The van der Waals surface area contributed by atoms with Crippen molar-refractivity contribution in [1.29, 1.82) is 0 Å². The van der Waals surface area contributed by atoms with Crippen LogP contribution < -0.4 is 15.6 Å². The van der Waals surface area contributed by atoms with Crippen molar-refractivity contribution in [3.05, 3.63) is 94.8 Å². The van der Waals surface area contributed by atoms with Crippen molar-refractivity contribution in [2.45, 2.75) is 26.9 Å². The van der Waals surface area contributed by atoms with Crippen LogP contribution in [0.3, 0.4) is 0 Å². The number of ether oxygens (including phenoxy) is 1. The van der Waals surface area contributed by atoms with Gasteiger partial charge in [-0.15, -0.1) is 0 Å². The van der Waals surface area contributed by atoms with Crippen LogP contribution in [0, 0.1) is 0 Å². The molecule has 0 aliphatic rings. The molecule has 0 spiro atoms. The van der Waals surface area contributed by atoms with Crippen LogP contribution in [0.25, 0.3) is 33.0 Å². The average molecular weight is 439 g/mol. The predicted molar refractivity (Wildman–Crippen MR) is 134 cm³/mol. The third-order valence-corrected chi connectivity index (χ3v) is 5.87. The lowest BCUT2D eigenvalue weighted by molar-refractivity contribution is 0.340. The van der Waals surface area contributed by atoms with Gasteiger partial charge in [0.2, 0.25) is 5.88 Å². The van der Waals surface area contributed by atoms with Gasteiger partial charge < -0.3 is 19.0 Å². The quantitative estimate of drug-likeness (QED) is 0.317. The van der Waals surface area contributed by atoms with Gasteiger partial charge in [-0.3, -0.25) is 4.79 Å². The van der Waals surface area contributed by atoms with E-state index in [-0.39, 0.29) is 5.56 Å². The van der Waals surface area contributed by atoms with Gasteiger partial charge in [0, 0.05) is 18.5 Å². The molecule has 0 bridgehead atoms. The number of rotatable bonds is 7. The summed E-state index contributed by atoms with van der Waals surface area (Å²) in [6, 6.07) is 25.9. The number of benzene rings is 3. The maximum Gasteiger partial charge on any atom is 0.262 e. The standard InChI is InChI=1S/C28H26N2O3/c1-3-30-23-13-9-8-12-22(23)26-25(28(30)31)24(20-14-16-21(17-15-20)32-4-2)27(33-26)29-18-19-10-6-5-7-11-19/h5-17,29H,3-4,18H2,1-2H3. The van der Waals surface area contributed by atoms with E-state index in [1.807, 2.05) is 85.1 Å². The van der Waals surface area contributed by atoms with Crippen LogP contribution in [-0.4, -0.2) is 11.2 Å². The molecule has 0 aliphatic heterocycles. The molecule has 0 unspecified atom stereocenters. The molecule has 2 heterocycles. The summed E-state index contributed by atoms with van der Waals surface area (Å²) in [7, 11) is 0. The summed E-state index contributed by atoms with van der Waals surface area (Å²) in [5.41, 5.74) is 4.25. The number of hydrogen-bond acceptors (Lipinski definition) is 4. The van der Waals surface area contributed by atoms with E-state index in [2.05, 4.69) is 17.4 Å². The second kappa shape index (κ2) is 8.87. The van der Waals surface area contributed by atoms with Gasteiger partial charge in [0.05, 0.1) is 23.1 Å². The Labute approximate surface area is 192 Å². The van der Waals surface area contributed by atoms with Gasteiger partial charge in [0.1, 0.15) is 5.75 Å². The Morgan fingerprint density at radius 2 is 1.64 bits per heavy atom. The van der Waals surface area contributed by atoms with Crippen molar-refractivity contribution in [3.8, 4) is 16.9 Å². The van der Waals surface area contributed by atoms with Crippen molar-refractivity contribution in [2.24, 2.45) is 0 Å². The molecule has 0 amide bonds. The van der Waals surface area contributed by atoms with E-state index >= 15 is 0 Å². The molecule has 0 saturated carbocycles. The zero-order valence-corrected chi connectivity index (χ0v) is 18.8. The monoisotopic (exact) mass is 438 g/mol. The smallest absolute Gasteiger partial charge is 0.262 e. The molecule has 0 fully saturated rings. The van der Waals surface area contributed by atoms with Crippen molar-refractivity contribution in [2.75, 3.05) is 11.9 Å². The fourth-order valence-electron chi connectivity index (χ4n) is 4.35. The largest absolute Gasteiger partial charge is 0.494 e. The molecule has 33 heavy (non-hydrogen) atoms. The first-order valence-electron chi connectivity index (χ1n) is 11.3. The van der Waals surface area contributed by atoms with E-state index < -0.39 is 0 Å². The molecule has 166 valence electrons. The van der Waals surface area contributed by atoms with Gasteiger partial charge in [0.15, 0.2) is 5.58 Å². The molecule has 5 aromatic rings. The molecule has 3 aromatic carbocycles. The zero-order valence-electron chi connectivity index (χ0n) is 18.8. The number of para-hydroxylation sites is 1. The summed E-state index contributed by atoms with van der Waals surface area (Å²) in [5.74, 6) is 1.39.